The molecule has 2 amide bonds. The minimum absolute atomic E-state index is 0.0392. The number of amides is 2. The third kappa shape index (κ3) is 5.58. The monoisotopic (exact) mass is 535 g/mol. The van der Waals surface area contributed by atoms with Gasteiger partial charge in [-0.3, -0.25) is 9.36 Å². The van der Waals surface area contributed by atoms with Crippen LogP contribution in [-0.2, 0) is 0 Å². The lowest BCUT2D eigenvalue weighted by Crippen LogP contribution is -2.30. The second-order valence-electron chi connectivity index (χ2n) is 8.33. The van der Waals surface area contributed by atoms with Gasteiger partial charge < -0.3 is 26.8 Å². The van der Waals surface area contributed by atoms with Gasteiger partial charge in [0, 0.05) is 18.8 Å². The lowest BCUT2D eigenvalue weighted by Gasteiger charge is -2.21. The molecule has 0 bridgehead atoms. The fraction of sp³-hybridized carbons (Fsp3) is 0.200. The molecule has 0 aliphatic heterocycles. The Kier molecular flexibility index (Phi) is 7.92. The number of hydrogen-bond acceptors (Lipinski definition) is 9. The van der Waals surface area contributed by atoms with Crippen LogP contribution in [0.5, 0.6) is 0 Å². The summed E-state index contributed by atoms with van der Waals surface area (Å²) in [4.78, 5) is 37.9. The smallest absolute Gasteiger partial charge is 0.319 e. The average molecular weight is 536 g/mol. The molecule has 0 unspecified atom stereocenters. The molecule has 14 heteroatoms. The standard InChI is InChI=1S/C25H23F2N9O3/c1-13(33-22-16(11-28)21(29)31-12-32-22)23-35-20-18(27)7-6-17(26)19(20)24(38)36(23)15-5-2-4-14(10-15)34-25(39)30-8-3-9-37/h2,4-7,10,12-13,37H,3,8-9H2,1H3,(H2,30,34,39)(H3,29,31,32,33)/t13-/m0/s1. The van der Waals surface area contributed by atoms with Gasteiger partial charge in [0.05, 0.1) is 11.7 Å². The number of benzene rings is 2. The number of nitrogens with two attached hydrogens (primary N) is 1. The number of aromatic nitrogens is 4. The first-order valence-electron chi connectivity index (χ1n) is 11.7. The first-order valence-corrected chi connectivity index (χ1v) is 11.7. The van der Waals surface area contributed by atoms with E-state index in [2.05, 4.69) is 30.9 Å². The first kappa shape index (κ1) is 26.9. The van der Waals surface area contributed by atoms with E-state index >= 15 is 0 Å². The number of urea groups is 1. The molecule has 12 nitrogen and oxygen atoms in total. The van der Waals surface area contributed by atoms with Crippen molar-refractivity contribution in [2.45, 2.75) is 19.4 Å². The summed E-state index contributed by atoms with van der Waals surface area (Å²) in [6, 6.07) is 8.28. The molecular weight excluding hydrogens is 512 g/mol. The lowest BCUT2D eigenvalue weighted by atomic mass is 10.1. The van der Waals surface area contributed by atoms with Crippen molar-refractivity contribution in [2.75, 3.05) is 29.5 Å². The van der Waals surface area contributed by atoms with Crippen molar-refractivity contribution in [1.29, 1.82) is 5.26 Å². The molecule has 6 N–H and O–H groups in total. The third-order valence-corrected chi connectivity index (χ3v) is 5.66. The van der Waals surface area contributed by atoms with E-state index < -0.39 is 40.2 Å². The molecule has 0 saturated carbocycles. The highest BCUT2D eigenvalue weighted by molar-refractivity contribution is 5.89. The predicted molar refractivity (Wildman–Crippen MR) is 139 cm³/mol. The molecular formula is C25H23F2N9O3. The molecule has 200 valence electrons. The minimum atomic E-state index is -0.960. The number of nitrogens with zero attached hydrogens (tertiary/aromatic N) is 5. The highest BCUT2D eigenvalue weighted by atomic mass is 19.1. The summed E-state index contributed by atoms with van der Waals surface area (Å²) in [7, 11) is 0. The van der Waals surface area contributed by atoms with Crippen LogP contribution in [0.4, 0.5) is 30.9 Å². The lowest BCUT2D eigenvalue weighted by molar-refractivity contribution is 0.249. The van der Waals surface area contributed by atoms with Gasteiger partial charge in [-0.25, -0.2) is 28.5 Å². The molecule has 0 fully saturated rings. The SMILES string of the molecule is C[C@H](Nc1ncnc(N)c1C#N)c1nc2c(F)ccc(F)c2c(=O)n1-c1cccc(NC(=O)NCCCO)c1. The van der Waals surface area contributed by atoms with Gasteiger partial charge in [-0.15, -0.1) is 0 Å². The molecule has 0 aliphatic carbocycles. The van der Waals surface area contributed by atoms with E-state index in [4.69, 9.17) is 10.8 Å². The summed E-state index contributed by atoms with van der Waals surface area (Å²) in [5, 5.41) is 25.9. The van der Waals surface area contributed by atoms with E-state index in [0.29, 0.717) is 12.1 Å². The molecule has 2 aromatic heterocycles. The van der Waals surface area contributed by atoms with Crippen LogP contribution in [0.15, 0.2) is 47.5 Å². The molecule has 0 radical (unpaired) electrons. The number of hydrogen-bond donors (Lipinski definition) is 5. The Morgan fingerprint density at radius 1 is 1.23 bits per heavy atom. The molecule has 0 spiro atoms. The van der Waals surface area contributed by atoms with Crippen molar-refractivity contribution in [3.05, 3.63) is 76.1 Å². The Morgan fingerprint density at radius 2 is 2.00 bits per heavy atom. The van der Waals surface area contributed by atoms with Gasteiger partial charge in [0.1, 0.15) is 58.0 Å². The van der Waals surface area contributed by atoms with Crippen LogP contribution in [0.3, 0.4) is 0 Å². The Morgan fingerprint density at radius 3 is 2.74 bits per heavy atom. The normalized spacial score (nSPS) is 11.6. The molecule has 4 rings (SSSR count). The van der Waals surface area contributed by atoms with Crippen LogP contribution in [0.25, 0.3) is 16.6 Å². The molecule has 1 atom stereocenters. The van der Waals surface area contributed by atoms with Gasteiger partial charge in [0.2, 0.25) is 0 Å². The summed E-state index contributed by atoms with van der Waals surface area (Å²) in [6.45, 7) is 1.74. The highest BCUT2D eigenvalue weighted by Crippen LogP contribution is 2.26. The topological polar surface area (TPSA) is 184 Å². The molecule has 2 aromatic carbocycles. The van der Waals surface area contributed by atoms with E-state index in [1.807, 2.05) is 6.07 Å². The van der Waals surface area contributed by atoms with Crippen LogP contribution in [-0.4, -0.2) is 43.8 Å². The van der Waals surface area contributed by atoms with Gasteiger partial charge in [0.25, 0.3) is 5.56 Å². The number of aliphatic hydroxyl groups is 1. The van der Waals surface area contributed by atoms with E-state index in [1.54, 1.807) is 19.1 Å². The summed E-state index contributed by atoms with van der Waals surface area (Å²) in [5.74, 6) is -1.92. The summed E-state index contributed by atoms with van der Waals surface area (Å²) >= 11 is 0. The Balaban J connectivity index is 1.85. The number of halogens is 2. The Labute approximate surface area is 220 Å². The maximum Gasteiger partial charge on any atom is 0.319 e. The van der Waals surface area contributed by atoms with Crippen molar-refractivity contribution in [3.63, 3.8) is 0 Å². The molecule has 0 saturated heterocycles. The minimum Gasteiger partial charge on any atom is -0.396 e. The molecule has 2 heterocycles. The van der Waals surface area contributed by atoms with Gasteiger partial charge in [-0.05, 0) is 43.7 Å². The van der Waals surface area contributed by atoms with E-state index in [0.717, 1.165) is 23.0 Å². The van der Waals surface area contributed by atoms with Crippen molar-refractivity contribution >= 4 is 34.3 Å². The van der Waals surface area contributed by atoms with Crippen LogP contribution in [0.1, 0.15) is 30.8 Å². The zero-order valence-electron chi connectivity index (χ0n) is 20.6. The number of carbonyl (C=O) groups excluding carboxylic acids is 1. The molecule has 39 heavy (non-hydrogen) atoms. The van der Waals surface area contributed by atoms with Gasteiger partial charge in [-0.2, -0.15) is 5.26 Å². The second kappa shape index (κ2) is 11.5. The van der Waals surface area contributed by atoms with Crippen molar-refractivity contribution in [2.24, 2.45) is 0 Å². The first-order chi connectivity index (χ1) is 18.7. The van der Waals surface area contributed by atoms with Gasteiger partial charge in [-0.1, -0.05) is 6.07 Å². The number of nitriles is 1. The molecule has 4 aromatic rings. The van der Waals surface area contributed by atoms with Crippen LogP contribution < -0.4 is 27.2 Å². The zero-order valence-corrected chi connectivity index (χ0v) is 20.6. The highest BCUT2D eigenvalue weighted by Gasteiger charge is 2.23. The largest absolute Gasteiger partial charge is 0.396 e. The van der Waals surface area contributed by atoms with E-state index in [9.17, 15) is 23.6 Å². The van der Waals surface area contributed by atoms with Crippen molar-refractivity contribution in [1.82, 2.24) is 24.8 Å². The van der Waals surface area contributed by atoms with Crippen molar-refractivity contribution < 1.29 is 18.7 Å². The van der Waals surface area contributed by atoms with Crippen LogP contribution in [0, 0.1) is 23.0 Å². The average Bonchev–Trinajstić information content (AvgIpc) is 2.91. The fourth-order valence-corrected chi connectivity index (χ4v) is 3.84. The van der Waals surface area contributed by atoms with E-state index in [1.165, 1.54) is 12.1 Å². The second-order valence-corrected chi connectivity index (χ2v) is 8.33. The Hall–Kier alpha value is -5.16. The van der Waals surface area contributed by atoms with Gasteiger partial charge in [0.15, 0.2) is 0 Å². The summed E-state index contributed by atoms with van der Waals surface area (Å²) in [5.41, 5.74) is 4.84. The predicted octanol–water partition coefficient (Wildman–Crippen LogP) is 2.58. The van der Waals surface area contributed by atoms with Crippen LogP contribution in [0.2, 0.25) is 0 Å². The summed E-state index contributed by atoms with van der Waals surface area (Å²) < 4.78 is 30.5. The molecule has 0 aliphatic rings. The van der Waals surface area contributed by atoms with Crippen molar-refractivity contribution in [3.8, 4) is 11.8 Å². The number of fused-ring (bicyclic) bond motifs is 1. The quantitative estimate of drug-likeness (QED) is 0.212. The number of anilines is 3. The maximum atomic E-state index is 14.8. The Bertz CT molecular complexity index is 1650. The number of rotatable bonds is 8. The van der Waals surface area contributed by atoms with E-state index in [-0.39, 0.29) is 41.9 Å². The van der Waals surface area contributed by atoms with Gasteiger partial charge >= 0.3 is 6.03 Å². The number of carbonyl (C=O) groups is 1. The summed E-state index contributed by atoms with van der Waals surface area (Å²) in [6.07, 6.45) is 1.51. The number of nitrogens with one attached hydrogen (secondary N) is 3. The van der Waals surface area contributed by atoms with Crippen LogP contribution >= 0.6 is 0 Å². The zero-order chi connectivity index (χ0) is 28.1. The third-order valence-electron chi connectivity index (χ3n) is 5.66. The number of nitrogen functional groups attached to an aromatic ring is 1. The fourth-order valence-electron chi connectivity index (χ4n) is 3.84. The number of aliphatic hydroxyl groups excluding tert-OH is 1. The maximum absolute atomic E-state index is 14.8.